The number of ether oxygens (including phenoxy) is 5. The Labute approximate surface area is 243 Å². The monoisotopic (exact) mass is 584 g/mol. The van der Waals surface area contributed by atoms with Gasteiger partial charge in [0.1, 0.15) is 36.6 Å². The zero-order chi connectivity index (χ0) is 30.4. The standard InChI is InChI=1S/C30H36N2O10/c1-38-16-25(35)32(9-7-18-13-19(39-2)5-6-23(18)40-3)22-14-21(30(37)31-8-10-33)26-20-11-17(15-34)12-24(41-4)28(20)42-29(26)27(22)36/h5-6,11-15,22,26-27,29,33,36H,7-10,16H2,1-4H3,(H,31,37). The molecule has 4 atom stereocenters. The van der Waals surface area contributed by atoms with Crippen LogP contribution in [0.4, 0.5) is 0 Å². The van der Waals surface area contributed by atoms with E-state index in [2.05, 4.69) is 5.32 Å². The minimum atomic E-state index is -1.27. The van der Waals surface area contributed by atoms with E-state index in [1.165, 1.54) is 25.2 Å². The van der Waals surface area contributed by atoms with Gasteiger partial charge in [-0.2, -0.15) is 0 Å². The van der Waals surface area contributed by atoms with Gasteiger partial charge in [-0.25, -0.2) is 0 Å². The van der Waals surface area contributed by atoms with Gasteiger partial charge in [0.15, 0.2) is 11.5 Å². The normalized spacial score (nSPS) is 20.4. The average Bonchev–Trinajstić information content (AvgIpc) is 3.40. The lowest BCUT2D eigenvalue weighted by Crippen LogP contribution is -2.56. The Morgan fingerprint density at radius 1 is 1.07 bits per heavy atom. The van der Waals surface area contributed by atoms with E-state index in [1.807, 2.05) is 6.07 Å². The number of rotatable bonds is 13. The molecule has 2 aliphatic rings. The molecule has 2 aromatic rings. The zero-order valence-corrected chi connectivity index (χ0v) is 24.0. The summed E-state index contributed by atoms with van der Waals surface area (Å²) in [5.74, 6) is 0.114. The maximum Gasteiger partial charge on any atom is 0.249 e. The number of aliphatic hydroxyl groups is 2. The van der Waals surface area contributed by atoms with Crippen LogP contribution in [-0.2, 0) is 20.7 Å². The van der Waals surface area contributed by atoms with Crippen molar-refractivity contribution in [2.75, 3.05) is 54.7 Å². The molecule has 42 heavy (non-hydrogen) atoms. The highest BCUT2D eigenvalue weighted by Gasteiger charge is 2.51. The Morgan fingerprint density at radius 3 is 2.48 bits per heavy atom. The van der Waals surface area contributed by atoms with E-state index in [9.17, 15) is 24.6 Å². The second kappa shape index (κ2) is 13.7. The highest BCUT2D eigenvalue weighted by molar-refractivity contribution is 5.96. The lowest BCUT2D eigenvalue weighted by atomic mass is 9.77. The van der Waals surface area contributed by atoms with Crippen LogP contribution in [0, 0.1) is 0 Å². The number of carbonyl (C=O) groups excluding carboxylic acids is 3. The van der Waals surface area contributed by atoms with Crippen molar-refractivity contribution < 1.29 is 48.3 Å². The Hall–Kier alpha value is -4.13. The Morgan fingerprint density at radius 2 is 1.83 bits per heavy atom. The summed E-state index contributed by atoms with van der Waals surface area (Å²) in [6.07, 6.45) is 0.294. The molecule has 1 heterocycles. The van der Waals surface area contributed by atoms with Crippen LogP contribution in [0.2, 0.25) is 0 Å². The van der Waals surface area contributed by atoms with E-state index in [-0.39, 0.29) is 37.6 Å². The Bertz CT molecular complexity index is 1340. The van der Waals surface area contributed by atoms with Gasteiger partial charge in [-0.05, 0) is 48.4 Å². The number of amides is 2. The Balaban J connectivity index is 1.77. The molecule has 12 heteroatoms. The summed E-state index contributed by atoms with van der Waals surface area (Å²) in [5, 5.41) is 23.7. The van der Waals surface area contributed by atoms with Gasteiger partial charge in [-0.3, -0.25) is 14.4 Å². The molecule has 0 bridgehead atoms. The average molecular weight is 585 g/mol. The molecule has 0 spiro atoms. The molecule has 1 aliphatic carbocycles. The fourth-order valence-corrected chi connectivity index (χ4v) is 5.52. The number of hydrogen-bond acceptors (Lipinski definition) is 10. The summed E-state index contributed by atoms with van der Waals surface area (Å²) in [5.41, 5.74) is 1.81. The zero-order valence-electron chi connectivity index (χ0n) is 24.0. The van der Waals surface area contributed by atoms with Crippen molar-refractivity contribution in [3.05, 3.63) is 58.7 Å². The number of nitrogens with one attached hydrogen (secondary N) is 1. The molecule has 3 N–H and O–H groups in total. The molecule has 2 amide bonds. The molecular weight excluding hydrogens is 548 g/mol. The Kier molecular flexibility index (Phi) is 10.0. The van der Waals surface area contributed by atoms with Crippen molar-refractivity contribution in [3.63, 3.8) is 0 Å². The van der Waals surface area contributed by atoms with Crippen LogP contribution in [0.25, 0.3) is 0 Å². The molecule has 2 aromatic carbocycles. The summed E-state index contributed by atoms with van der Waals surface area (Å²) in [4.78, 5) is 40.0. The molecule has 4 unspecified atom stereocenters. The number of aldehydes is 1. The predicted molar refractivity (Wildman–Crippen MR) is 150 cm³/mol. The largest absolute Gasteiger partial charge is 0.497 e. The van der Waals surface area contributed by atoms with Crippen molar-refractivity contribution >= 4 is 18.1 Å². The van der Waals surface area contributed by atoms with Gasteiger partial charge in [0.25, 0.3) is 0 Å². The van der Waals surface area contributed by atoms with Crippen LogP contribution in [0.5, 0.6) is 23.0 Å². The fraction of sp³-hybridized carbons (Fsp3) is 0.433. The molecule has 0 saturated heterocycles. The van der Waals surface area contributed by atoms with E-state index < -0.39 is 36.0 Å². The minimum Gasteiger partial charge on any atom is -0.497 e. The van der Waals surface area contributed by atoms with Crippen LogP contribution in [0.15, 0.2) is 42.0 Å². The first-order valence-corrected chi connectivity index (χ1v) is 13.4. The lowest BCUT2D eigenvalue weighted by Gasteiger charge is -2.40. The third-order valence-electron chi connectivity index (χ3n) is 7.47. The summed E-state index contributed by atoms with van der Waals surface area (Å²) >= 11 is 0. The highest BCUT2D eigenvalue weighted by atomic mass is 16.5. The van der Waals surface area contributed by atoms with Crippen molar-refractivity contribution in [1.82, 2.24) is 10.2 Å². The quantitative estimate of drug-likeness (QED) is 0.289. The summed E-state index contributed by atoms with van der Waals surface area (Å²) in [6, 6.07) is 7.47. The maximum atomic E-state index is 13.4. The van der Waals surface area contributed by atoms with E-state index in [0.717, 1.165) is 5.56 Å². The van der Waals surface area contributed by atoms with Crippen LogP contribution < -0.4 is 24.3 Å². The van der Waals surface area contributed by atoms with E-state index in [1.54, 1.807) is 38.5 Å². The van der Waals surface area contributed by atoms with Crippen molar-refractivity contribution in [2.24, 2.45) is 0 Å². The van der Waals surface area contributed by atoms with E-state index in [4.69, 9.17) is 23.7 Å². The second-order valence-corrected chi connectivity index (χ2v) is 9.85. The number of aliphatic hydroxyl groups excluding tert-OH is 2. The van der Waals surface area contributed by atoms with Gasteiger partial charge in [0.05, 0.1) is 39.9 Å². The number of nitrogens with zero attached hydrogens (tertiary/aromatic N) is 1. The van der Waals surface area contributed by atoms with Gasteiger partial charge in [0, 0.05) is 36.9 Å². The van der Waals surface area contributed by atoms with Crippen LogP contribution >= 0.6 is 0 Å². The number of methoxy groups -OCH3 is 4. The van der Waals surface area contributed by atoms with Gasteiger partial charge < -0.3 is 44.1 Å². The molecule has 0 fully saturated rings. The number of benzene rings is 2. The number of carbonyl (C=O) groups is 3. The smallest absolute Gasteiger partial charge is 0.249 e. The maximum absolute atomic E-state index is 13.4. The van der Waals surface area contributed by atoms with Gasteiger partial charge in [-0.1, -0.05) is 0 Å². The van der Waals surface area contributed by atoms with Gasteiger partial charge >= 0.3 is 0 Å². The molecule has 0 aromatic heterocycles. The fourth-order valence-electron chi connectivity index (χ4n) is 5.52. The number of hydrogen-bond donors (Lipinski definition) is 3. The van der Waals surface area contributed by atoms with Crippen molar-refractivity contribution in [2.45, 2.75) is 30.6 Å². The summed E-state index contributed by atoms with van der Waals surface area (Å²) < 4.78 is 27.6. The molecule has 226 valence electrons. The topological polar surface area (TPSA) is 153 Å². The van der Waals surface area contributed by atoms with Crippen LogP contribution in [0.1, 0.15) is 27.4 Å². The number of fused-ring (bicyclic) bond motifs is 3. The first kappa shape index (κ1) is 30.8. The van der Waals surface area contributed by atoms with Crippen molar-refractivity contribution in [3.8, 4) is 23.0 Å². The molecule has 0 saturated carbocycles. The van der Waals surface area contributed by atoms with E-state index >= 15 is 0 Å². The van der Waals surface area contributed by atoms with Crippen LogP contribution in [0.3, 0.4) is 0 Å². The van der Waals surface area contributed by atoms with Crippen LogP contribution in [-0.4, -0.2) is 106 Å². The van der Waals surface area contributed by atoms with Crippen molar-refractivity contribution in [1.29, 1.82) is 0 Å². The second-order valence-electron chi connectivity index (χ2n) is 9.85. The molecule has 4 rings (SSSR count). The van der Waals surface area contributed by atoms with Gasteiger partial charge in [0.2, 0.25) is 11.8 Å². The first-order chi connectivity index (χ1) is 20.3. The predicted octanol–water partition coefficient (Wildman–Crippen LogP) is 0.865. The molecule has 1 aliphatic heterocycles. The molecule has 12 nitrogen and oxygen atoms in total. The highest BCUT2D eigenvalue weighted by Crippen LogP contribution is 2.51. The minimum absolute atomic E-state index is 0.00581. The third-order valence-corrected chi connectivity index (χ3v) is 7.47. The lowest BCUT2D eigenvalue weighted by molar-refractivity contribution is -0.141. The molecular formula is C30H36N2O10. The summed E-state index contributed by atoms with van der Waals surface area (Å²) in [7, 11) is 5.92. The van der Waals surface area contributed by atoms with E-state index in [0.29, 0.717) is 41.1 Å². The molecule has 0 radical (unpaired) electrons. The first-order valence-electron chi connectivity index (χ1n) is 13.4. The third kappa shape index (κ3) is 6.06. The van der Waals surface area contributed by atoms with Gasteiger partial charge in [-0.15, -0.1) is 0 Å². The summed E-state index contributed by atoms with van der Waals surface area (Å²) in [6.45, 7) is -0.410. The SMILES string of the molecule is COCC(=O)N(CCc1cc(OC)ccc1OC)C1C=C(C(=O)NCCO)C2c3cc(C=O)cc(OC)c3OC2C1O.